The molecule has 1 aromatic heterocycles. The summed E-state index contributed by atoms with van der Waals surface area (Å²) >= 11 is 0. The highest BCUT2D eigenvalue weighted by atomic mass is 16.5. The molecule has 1 unspecified atom stereocenters. The first kappa shape index (κ1) is 14.4. The van der Waals surface area contributed by atoms with Crippen LogP contribution in [0.15, 0.2) is 42.6 Å². The first-order chi connectivity index (χ1) is 9.67. The number of anilines is 1. The highest BCUT2D eigenvalue weighted by Gasteiger charge is 2.03. The molecule has 0 bridgehead atoms. The lowest BCUT2D eigenvalue weighted by molar-refractivity contribution is 0.414. The van der Waals surface area contributed by atoms with E-state index in [1.165, 1.54) is 5.56 Å². The number of methoxy groups -OCH3 is 1. The summed E-state index contributed by atoms with van der Waals surface area (Å²) in [6.45, 7) is 4.19. The van der Waals surface area contributed by atoms with Gasteiger partial charge in [-0.15, -0.1) is 0 Å². The number of benzene rings is 1. The van der Waals surface area contributed by atoms with Gasteiger partial charge in [0, 0.05) is 11.7 Å². The van der Waals surface area contributed by atoms with E-state index < -0.39 is 0 Å². The zero-order chi connectivity index (χ0) is 14.4. The second-order valence-electron chi connectivity index (χ2n) is 5.12. The third-order valence-corrected chi connectivity index (χ3v) is 3.35. The fourth-order valence-electron chi connectivity index (χ4n) is 2.09. The first-order valence-corrected chi connectivity index (χ1v) is 6.99. The van der Waals surface area contributed by atoms with Gasteiger partial charge in [-0.3, -0.25) is 4.98 Å². The lowest BCUT2D eigenvalue weighted by Gasteiger charge is -2.15. The number of hydrogen-bond donors (Lipinski definition) is 1. The maximum absolute atomic E-state index is 5.16. The highest BCUT2D eigenvalue weighted by molar-refractivity contribution is 5.41. The molecule has 0 amide bonds. The summed E-state index contributed by atoms with van der Waals surface area (Å²) in [6.07, 6.45) is 4.02. The fraction of sp³-hybridized carbons (Fsp3) is 0.353. The molecule has 3 nitrogen and oxygen atoms in total. The smallest absolute Gasteiger partial charge is 0.118 e. The van der Waals surface area contributed by atoms with Crippen LogP contribution in [0.25, 0.3) is 0 Å². The average molecular weight is 270 g/mol. The van der Waals surface area contributed by atoms with Crippen molar-refractivity contribution in [3.63, 3.8) is 0 Å². The lowest BCUT2D eigenvalue weighted by Crippen LogP contribution is -2.16. The first-order valence-electron chi connectivity index (χ1n) is 6.99. The molecule has 0 aliphatic heterocycles. The Morgan fingerprint density at radius 3 is 2.50 bits per heavy atom. The quantitative estimate of drug-likeness (QED) is 0.866. The van der Waals surface area contributed by atoms with Gasteiger partial charge in [0.2, 0.25) is 0 Å². The summed E-state index contributed by atoms with van der Waals surface area (Å²) < 4.78 is 5.16. The van der Waals surface area contributed by atoms with Gasteiger partial charge in [0.25, 0.3) is 0 Å². The van der Waals surface area contributed by atoms with Crippen LogP contribution in [-0.4, -0.2) is 18.1 Å². The normalized spacial score (nSPS) is 11.9. The molecule has 1 aromatic carbocycles. The van der Waals surface area contributed by atoms with Gasteiger partial charge in [-0.2, -0.15) is 0 Å². The predicted molar refractivity (Wildman–Crippen MR) is 83.4 cm³/mol. The molecule has 0 aliphatic carbocycles. The van der Waals surface area contributed by atoms with E-state index in [0.717, 1.165) is 30.0 Å². The topological polar surface area (TPSA) is 34.1 Å². The molecule has 3 heteroatoms. The molecule has 0 fully saturated rings. The minimum Gasteiger partial charge on any atom is -0.497 e. The summed E-state index contributed by atoms with van der Waals surface area (Å²) in [6, 6.07) is 12.8. The monoisotopic (exact) mass is 270 g/mol. The largest absolute Gasteiger partial charge is 0.497 e. The zero-order valence-corrected chi connectivity index (χ0v) is 12.4. The van der Waals surface area contributed by atoms with Crippen LogP contribution in [0.1, 0.15) is 24.6 Å². The number of rotatable bonds is 6. The molecule has 20 heavy (non-hydrogen) atoms. The SMILES string of the molecule is COc1ccc(CCC(C)Nc2ccc(C)nc2)cc1. The molecular weight excluding hydrogens is 248 g/mol. The Morgan fingerprint density at radius 2 is 1.90 bits per heavy atom. The molecule has 1 N–H and O–H groups in total. The van der Waals surface area contributed by atoms with Crippen LogP contribution in [0.2, 0.25) is 0 Å². The molecule has 1 atom stereocenters. The Labute approximate surface area is 121 Å². The Morgan fingerprint density at radius 1 is 1.15 bits per heavy atom. The van der Waals surface area contributed by atoms with Crippen molar-refractivity contribution >= 4 is 5.69 Å². The Bertz CT molecular complexity index is 520. The van der Waals surface area contributed by atoms with Crippen LogP contribution < -0.4 is 10.1 Å². The Hall–Kier alpha value is -2.03. The summed E-state index contributed by atoms with van der Waals surface area (Å²) in [5.74, 6) is 0.908. The minimum atomic E-state index is 0.418. The molecule has 0 saturated heterocycles. The van der Waals surface area contributed by atoms with E-state index in [2.05, 4.69) is 35.4 Å². The Balaban J connectivity index is 1.82. The van der Waals surface area contributed by atoms with E-state index in [1.54, 1.807) is 7.11 Å². The predicted octanol–water partition coefficient (Wildman–Crippen LogP) is 3.83. The van der Waals surface area contributed by atoms with Gasteiger partial charge in [-0.05, 0) is 56.5 Å². The number of hydrogen-bond acceptors (Lipinski definition) is 3. The van der Waals surface area contributed by atoms with Gasteiger partial charge in [0.15, 0.2) is 0 Å². The van der Waals surface area contributed by atoms with Crippen molar-refractivity contribution < 1.29 is 4.74 Å². The van der Waals surface area contributed by atoms with Crippen molar-refractivity contribution in [1.29, 1.82) is 0 Å². The highest BCUT2D eigenvalue weighted by Crippen LogP contribution is 2.15. The van der Waals surface area contributed by atoms with Crippen LogP contribution in [0.5, 0.6) is 5.75 Å². The third-order valence-electron chi connectivity index (χ3n) is 3.35. The van der Waals surface area contributed by atoms with Gasteiger partial charge in [-0.25, -0.2) is 0 Å². The second kappa shape index (κ2) is 6.94. The molecule has 0 aliphatic rings. The van der Waals surface area contributed by atoms with Crippen molar-refractivity contribution in [2.45, 2.75) is 32.7 Å². The number of aromatic nitrogens is 1. The van der Waals surface area contributed by atoms with Crippen LogP contribution in [-0.2, 0) is 6.42 Å². The van der Waals surface area contributed by atoms with Crippen molar-refractivity contribution in [3.8, 4) is 5.75 Å². The average Bonchev–Trinajstić information content (AvgIpc) is 2.48. The van der Waals surface area contributed by atoms with Crippen LogP contribution in [0, 0.1) is 6.92 Å². The Kier molecular flexibility index (Phi) is 4.99. The third kappa shape index (κ3) is 4.26. The summed E-state index contributed by atoms with van der Waals surface area (Å²) in [4.78, 5) is 4.29. The molecular formula is C17H22N2O. The molecule has 2 aromatic rings. The second-order valence-corrected chi connectivity index (χ2v) is 5.12. The summed E-state index contributed by atoms with van der Waals surface area (Å²) in [5.41, 5.74) is 3.46. The fourth-order valence-corrected chi connectivity index (χ4v) is 2.09. The van der Waals surface area contributed by atoms with E-state index in [9.17, 15) is 0 Å². The van der Waals surface area contributed by atoms with Crippen LogP contribution >= 0.6 is 0 Å². The van der Waals surface area contributed by atoms with Crippen molar-refractivity contribution in [2.24, 2.45) is 0 Å². The van der Waals surface area contributed by atoms with Gasteiger partial charge in [-0.1, -0.05) is 12.1 Å². The number of nitrogens with one attached hydrogen (secondary N) is 1. The van der Waals surface area contributed by atoms with Gasteiger partial charge >= 0.3 is 0 Å². The zero-order valence-electron chi connectivity index (χ0n) is 12.4. The van der Waals surface area contributed by atoms with E-state index in [0.29, 0.717) is 6.04 Å². The van der Waals surface area contributed by atoms with Crippen molar-refractivity contribution in [3.05, 3.63) is 53.9 Å². The van der Waals surface area contributed by atoms with Gasteiger partial charge < -0.3 is 10.1 Å². The number of nitrogens with zero attached hydrogens (tertiary/aromatic N) is 1. The van der Waals surface area contributed by atoms with Gasteiger partial charge in [0.05, 0.1) is 19.0 Å². The van der Waals surface area contributed by atoms with Crippen molar-refractivity contribution in [1.82, 2.24) is 4.98 Å². The van der Waals surface area contributed by atoms with E-state index in [-0.39, 0.29) is 0 Å². The molecule has 2 rings (SSSR count). The minimum absolute atomic E-state index is 0.418. The molecule has 1 heterocycles. The lowest BCUT2D eigenvalue weighted by atomic mass is 10.1. The maximum Gasteiger partial charge on any atom is 0.118 e. The number of aryl methyl sites for hydroxylation is 2. The van der Waals surface area contributed by atoms with Crippen LogP contribution in [0.3, 0.4) is 0 Å². The molecule has 106 valence electrons. The number of ether oxygens (including phenoxy) is 1. The molecule has 0 saturated carbocycles. The van der Waals surface area contributed by atoms with E-state index in [4.69, 9.17) is 4.74 Å². The van der Waals surface area contributed by atoms with Crippen molar-refractivity contribution in [2.75, 3.05) is 12.4 Å². The van der Waals surface area contributed by atoms with Gasteiger partial charge in [0.1, 0.15) is 5.75 Å². The maximum atomic E-state index is 5.16. The van der Waals surface area contributed by atoms with Crippen LogP contribution in [0.4, 0.5) is 5.69 Å². The number of pyridine rings is 1. The van der Waals surface area contributed by atoms with E-state index >= 15 is 0 Å². The molecule has 0 radical (unpaired) electrons. The van der Waals surface area contributed by atoms with E-state index in [1.807, 2.05) is 31.3 Å². The summed E-state index contributed by atoms with van der Waals surface area (Å²) in [5, 5.41) is 3.47. The molecule has 0 spiro atoms. The standard InChI is InChI=1S/C17H22N2O/c1-13-5-9-16(12-18-13)19-14(2)4-6-15-7-10-17(20-3)11-8-15/h5,7-12,14,19H,4,6H2,1-3H3. The summed E-state index contributed by atoms with van der Waals surface area (Å²) in [7, 11) is 1.69.